The van der Waals surface area contributed by atoms with E-state index in [1.165, 1.54) is 11.1 Å². The molecule has 0 saturated heterocycles. The summed E-state index contributed by atoms with van der Waals surface area (Å²) in [7, 11) is 4.07. The Morgan fingerprint density at radius 1 is 1.19 bits per heavy atom. The number of rotatable bonds is 1. The summed E-state index contributed by atoms with van der Waals surface area (Å²) in [4.78, 5) is 9.01. The molecule has 2 heterocycles. The lowest BCUT2D eigenvalue weighted by atomic mass is 10.1. The first kappa shape index (κ1) is 11.4. The molecule has 1 aliphatic heterocycles. The summed E-state index contributed by atoms with van der Waals surface area (Å²) < 4.78 is 0. The van der Waals surface area contributed by atoms with Crippen molar-refractivity contribution in [3.05, 3.63) is 23.4 Å². The summed E-state index contributed by atoms with van der Waals surface area (Å²) in [5.74, 6) is 1.05. The molecule has 3 nitrogen and oxygen atoms in total. The van der Waals surface area contributed by atoms with Crippen LogP contribution in [0.1, 0.15) is 31.9 Å². The standard InChI is InChI=1S/C13H21N3/c1-13(2,3)16-8-10-6-12(15(4)5)14-7-11(10)9-16/h6-7H,8-9H2,1-5H3. The van der Waals surface area contributed by atoms with E-state index in [0.29, 0.717) is 0 Å². The minimum Gasteiger partial charge on any atom is -0.363 e. The fourth-order valence-corrected chi connectivity index (χ4v) is 1.99. The van der Waals surface area contributed by atoms with E-state index >= 15 is 0 Å². The molecular formula is C13H21N3. The maximum atomic E-state index is 4.47. The molecule has 0 amide bonds. The van der Waals surface area contributed by atoms with Gasteiger partial charge in [0.15, 0.2) is 0 Å². The van der Waals surface area contributed by atoms with E-state index in [2.05, 4.69) is 41.6 Å². The Morgan fingerprint density at radius 3 is 2.38 bits per heavy atom. The molecule has 0 spiro atoms. The molecule has 0 atom stereocenters. The van der Waals surface area contributed by atoms with Crippen LogP contribution in [0.5, 0.6) is 0 Å². The maximum Gasteiger partial charge on any atom is 0.128 e. The average Bonchev–Trinajstić information content (AvgIpc) is 2.58. The molecule has 88 valence electrons. The highest BCUT2D eigenvalue weighted by Gasteiger charge is 2.28. The predicted molar refractivity (Wildman–Crippen MR) is 67.6 cm³/mol. The molecule has 1 aromatic heterocycles. The molecule has 16 heavy (non-hydrogen) atoms. The second-order valence-electron chi connectivity index (χ2n) is 5.73. The second-order valence-corrected chi connectivity index (χ2v) is 5.73. The Hall–Kier alpha value is -1.09. The number of aromatic nitrogens is 1. The first-order valence-corrected chi connectivity index (χ1v) is 5.78. The minimum absolute atomic E-state index is 0.233. The van der Waals surface area contributed by atoms with Gasteiger partial charge in [-0.1, -0.05) is 0 Å². The van der Waals surface area contributed by atoms with Crippen molar-refractivity contribution in [2.24, 2.45) is 0 Å². The maximum absolute atomic E-state index is 4.47. The van der Waals surface area contributed by atoms with Crippen molar-refractivity contribution in [3.63, 3.8) is 0 Å². The van der Waals surface area contributed by atoms with Crippen molar-refractivity contribution in [1.82, 2.24) is 9.88 Å². The summed E-state index contributed by atoms with van der Waals surface area (Å²) in [5.41, 5.74) is 3.03. The molecule has 1 aliphatic rings. The monoisotopic (exact) mass is 219 g/mol. The van der Waals surface area contributed by atoms with Crippen LogP contribution in [0.25, 0.3) is 0 Å². The molecule has 0 fully saturated rings. The first-order chi connectivity index (χ1) is 7.38. The Morgan fingerprint density at radius 2 is 1.81 bits per heavy atom. The van der Waals surface area contributed by atoms with Gasteiger partial charge in [-0.3, -0.25) is 4.90 Å². The molecule has 0 bridgehead atoms. The van der Waals surface area contributed by atoms with Gasteiger partial charge in [0.25, 0.3) is 0 Å². The van der Waals surface area contributed by atoms with Gasteiger partial charge in [-0.15, -0.1) is 0 Å². The van der Waals surface area contributed by atoms with E-state index in [9.17, 15) is 0 Å². The predicted octanol–water partition coefficient (Wildman–Crippen LogP) is 2.26. The number of hydrogen-bond acceptors (Lipinski definition) is 3. The summed E-state index contributed by atoms with van der Waals surface area (Å²) in [5, 5.41) is 0. The van der Waals surface area contributed by atoms with Gasteiger partial charge in [0.05, 0.1) is 0 Å². The third-order valence-corrected chi connectivity index (χ3v) is 3.20. The number of anilines is 1. The number of fused-ring (bicyclic) bond motifs is 1. The summed E-state index contributed by atoms with van der Waals surface area (Å²) in [6, 6.07) is 2.21. The zero-order valence-electron chi connectivity index (χ0n) is 10.9. The summed E-state index contributed by atoms with van der Waals surface area (Å²) in [6.07, 6.45) is 2.02. The van der Waals surface area contributed by atoms with Gasteiger partial charge in [0, 0.05) is 38.9 Å². The smallest absolute Gasteiger partial charge is 0.128 e. The number of hydrogen-bond donors (Lipinski definition) is 0. The summed E-state index contributed by atoms with van der Waals surface area (Å²) in [6.45, 7) is 8.86. The van der Waals surface area contributed by atoms with Gasteiger partial charge in [-0.25, -0.2) is 4.98 Å². The Labute approximate surface area is 98.1 Å². The molecule has 0 N–H and O–H groups in total. The fourth-order valence-electron chi connectivity index (χ4n) is 1.99. The van der Waals surface area contributed by atoms with Crippen molar-refractivity contribution in [3.8, 4) is 0 Å². The van der Waals surface area contributed by atoms with E-state index in [-0.39, 0.29) is 5.54 Å². The van der Waals surface area contributed by atoms with Crippen LogP contribution in [0.15, 0.2) is 12.3 Å². The van der Waals surface area contributed by atoms with E-state index in [4.69, 9.17) is 0 Å². The molecule has 0 saturated carbocycles. The lowest BCUT2D eigenvalue weighted by Crippen LogP contribution is -2.36. The molecule has 3 heteroatoms. The topological polar surface area (TPSA) is 19.4 Å². The zero-order valence-corrected chi connectivity index (χ0v) is 10.9. The van der Waals surface area contributed by atoms with Gasteiger partial charge in [-0.05, 0) is 38.0 Å². The molecule has 2 rings (SSSR count). The van der Waals surface area contributed by atoms with Crippen molar-refractivity contribution in [1.29, 1.82) is 0 Å². The van der Waals surface area contributed by atoms with Crippen LogP contribution in [0.4, 0.5) is 5.82 Å². The molecule has 0 aromatic carbocycles. The number of pyridine rings is 1. The van der Waals surface area contributed by atoms with Gasteiger partial charge < -0.3 is 4.90 Å². The van der Waals surface area contributed by atoms with Crippen LogP contribution in [0, 0.1) is 0 Å². The first-order valence-electron chi connectivity index (χ1n) is 5.78. The van der Waals surface area contributed by atoms with E-state index in [0.717, 1.165) is 18.9 Å². The Balaban J connectivity index is 2.25. The van der Waals surface area contributed by atoms with Crippen molar-refractivity contribution >= 4 is 5.82 Å². The molecular weight excluding hydrogens is 198 g/mol. The molecule has 0 unspecified atom stereocenters. The van der Waals surface area contributed by atoms with Crippen molar-refractivity contribution in [2.75, 3.05) is 19.0 Å². The van der Waals surface area contributed by atoms with Gasteiger partial charge in [-0.2, -0.15) is 0 Å². The lowest BCUT2D eigenvalue weighted by molar-refractivity contribution is 0.136. The van der Waals surface area contributed by atoms with Crippen LogP contribution in [-0.2, 0) is 13.1 Å². The van der Waals surface area contributed by atoms with Gasteiger partial charge >= 0.3 is 0 Å². The minimum atomic E-state index is 0.233. The second kappa shape index (κ2) is 3.74. The van der Waals surface area contributed by atoms with E-state index in [1.54, 1.807) is 0 Å². The number of nitrogens with zero attached hydrogens (tertiary/aromatic N) is 3. The fraction of sp³-hybridized carbons (Fsp3) is 0.615. The Bertz CT molecular complexity index is 391. The largest absolute Gasteiger partial charge is 0.363 e. The van der Waals surface area contributed by atoms with E-state index in [1.807, 2.05) is 20.3 Å². The van der Waals surface area contributed by atoms with Crippen LogP contribution in [0.2, 0.25) is 0 Å². The summed E-state index contributed by atoms with van der Waals surface area (Å²) >= 11 is 0. The highest BCUT2D eigenvalue weighted by atomic mass is 15.2. The molecule has 0 radical (unpaired) electrons. The van der Waals surface area contributed by atoms with Crippen LogP contribution >= 0.6 is 0 Å². The SMILES string of the molecule is CN(C)c1cc2c(cn1)CN(C(C)(C)C)C2. The average molecular weight is 219 g/mol. The third kappa shape index (κ3) is 2.05. The quantitative estimate of drug-likeness (QED) is 0.722. The van der Waals surface area contributed by atoms with E-state index < -0.39 is 0 Å². The van der Waals surface area contributed by atoms with Gasteiger partial charge in [0.1, 0.15) is 5.82 Å². The lowest BCUT2D eigenvalue weighted by Gasteiger charge is -2.31. The highest BCUT2D eigenvalue weighted by Crippen LogP contribution is 2.29. The molecule has 1 aromatic rings. The van der Waals surface area contributed by atoms with Crippen LogP contribution < -0.4 is 4.90 Å². The Kier molecular flexibility index (Phi) is 2.66. The highest BCUT2D eigenvalue weighted by molar-refractivity contribution is 5.43. The van der Waals surface area contributed by atoms with Crippen LogP contribution in [-0.4, -0.2) is 29.5 Å². The van der Waals surface area contributed by atoms with Crippen molar-refractivity contribution in [2.45, 2.75) is 39.4 Å². The van der Waals surface area contributed by atoms with Crippen molar-refractivity contribution < 1.29 is 0 Å². The normalized spacial score (nSPS) is 16.3. The third-order valence-electron chi connectivity index (χ3n) is 3.20. The molecule has 0 aliphatic carbocycles. The van der Waals surface area contributed by atoms with Gasteiger partial charge in [0.2, 0.25) is 0 Å². The zero-order chi connectivity index (χ0) is 11.9. The van der Waals surface area contributed by atoms with Crippen LogP contribution in [0.3, 0.4) is 0 Å².